The molecule has 2 aromatic carbocycles. The Labute approximate surface area is 205 Å². The third-order valence-corrected chi connectivity index (χ3v) is 7.17. The van der Waals surface area contributed by atoms with Crippen LogP contribution in [-0.4, -0.2) is 38.8 Å². The summed E-state index contributed by atoms with van der Waals surface area (Å²) in [6.45, 7) is 2.56. The van der Waals surface area contributed by atoms with Crippen LogP contribution in [0.1, 0.15) is 27.0 Å². The van der Waals surface area contributed by atoms with E-state index in [-0.39, 0.29) is 23.3 Å². The SMILES string of the molecule is CC(=O)NCCc1ccc(C(=O)CSc2nnc(-c3ccc(F)cc3)n2Cc2ccccc2)s1. The van der Waals surface area contributed by atoms with Gasteiger partial charge in [-0.2, -0.15) is 0 Å². The van der Waals surface area contributed by atoms with Gasteiger partial charge in [-0.05, 0) is 48.4 Å². The van der Waals surface area contributed by atoms with Crippen LogP contribution in [0.3, 0.4) is 0 Å². The van der Waals surface area contributed by atoms with Gasteiger partial charge in [0, 0.05) is 23.9 Å². The highest BCUT2D eigenvalue weighted by atomic mass is 32.2. The third kappa shape index (κ3) is 6.18. The Morgan fingerprint density at radius 2 is 1.79 bits per heavy atom. The van der Waals surface area contributed by atoms with Gasteiger partial charge in [0.25, 0.3) is 0 Å². The summed E-state index contributed by atoms with van der Waals surface area (Å²) in [4.78, 5) is 25.6. The maximum absolute atomic E-state index is 13.4. The maximum atomic E-state index is 13.4. The van der Waals surface area contributed by atoms with Crippen LogP contribution in [0.4, 0.5) is 4.39 Å². The molecule has 0 spiro atoms. The zero-order chi connectivity index (χ0) is 23.9. The number of hydrogen-bond acceptors (Lipinski definition) is 6. The number of nitrogens with zero attached hydrogens (tertiary/aromatic N) is 3. The molecule has 9 heteroatoms. The predicted molar refractivity (Wildman–Crippen MR) is 133 cm³/mol. The number of carbonyl (C=O) groups is 2. The second kappa shape index (κ2) is 11.2. The van der Waals surface area contributed by atoms with Gasteiger partial charge in [0.05, 0.1) is 17.2 Å². The Kier molecular flexibility index (Phi) is 7.87. The molecule has 4 aromatic rings. The monoisotopic (exact) mass is 494 g/mol. The van der Waals surface area contributed by atoms with Crippen molar-refractivity contribution >= 4 is 34.8 Å². The molecule has 0 aliphatic rings. The zero-order valence-corrected chi connectivity index (χ0v) is 20.2. The fraction of sp³-hybridized carbons (Fsp3) is 0.200. The standard InChI is InChI=1S/C25H23FN4O2S2/c1-17(31)27-14-13-21-11-12-23(34-21)22(32)16-33-25-29-28-24(19-7-9-20(26)10-8-19)30(25)15-18-5-3-2-4-6-18/h2-12H,13-16H2,1H3,(H,27,31). The minimum absolute atomic E-state index is 0.0124. The van der Waals surface area contributed by atoms with E-state index in [1.807, 2.05) is 47.0 Å². The molecule has 2 aromatic heterocycles. The number of aromatic nitrogens is 3. The average Bonchev–Trinajstić information content (AvgIpc) is 3.46. The largest absolute Gasteiger partial charge is 0.356 e. The van der Waals surface area contributed by atoms with Crippen molar-refractivity contribution in [3.05, 3.63) is 87.9 Å². The summed E-state index contributed by atoms with van der Waals surface area (Å²) in [7, 11) is 0. The number of benzene rings is 2. The molecule has 1 N–H and O–H groups in total. The van der Waals surface area contributed by atoms with E-state index >= 15 is 0 Å². The first-order valence-corrected chi connectivity index (χ1v) is 12.5. The number of Topliss-reactive ketones (excluding diaryl/α,β-unsaturated/α-hetero) is 1. The van der Waals surface area contributed by atoms with Gasteiger partial charge in [-0.15, -0.1) is 21.5 Å². The van der Waals surface area contributed by atoms with Gasteiger partial charge in [0.2, 0.25) is 5.91 Å². The molecule has 0 unspecified atom stereocenters. The van der Waals surface area contributed by atoms with Gasteiger partial charge < -0.3 is 5.32 Å². The van der Waals surface area contributed by atoms with Crippen LogP contribution in [0.25, 0.3) is 11.4 Å². The molecule has 0 fully saturated rings. The summed E-state index contributed by atoms with van der Waals surface area (Å²) >= 11 is 2.78. The van der Waals surface area contributed by atoms with Gasteiger partial charge in [-0.1, -0.05) is 42.1 Å². The molecule has 0 radical (unpaired) electrons. The first-order valence-electron chi connectivity index (χ1n) is 10.7. The number of carbonyl (C=O) groups excluding carboxylic acids is 2. The molecule has 0 aliphatic carbocycles. The second-order valence-electron chi connectivity index (χ2n) is 7.60. The second-order valence-corrected chi connectivity index (χ2v) is 9.71. The van der Waals surface area contributed by atoms with Crippen LogP contribution < -0.4 is 5.32 Å². The number of halogens is 1. The van der Waals surface area contributed by atoms with Crippen LogP contribution in [0.2, 0.25) is 0 Å². The molecule has 6 nitrogen and oxygen atoms in total. The topological polar surface area (TPSA) is 76.9 Å². The molecule has 34 heavy (non-hydrogen) atoms. The number of ketones is 1. The number of amides is 1. The van der Waals surface area contributed by atoms with Crippen molar-refractivity contribution in [1.29, 1.82) is 0 Å². The van der Waals surface area contributed by atoms with Crippen LogP contribution in [0.5, 0.6) is 0 Å². The molecule has 4 rings (SSSR count). The van der Waals surface area contributed by atoms with E-state index in [1.165, 1.54) is 42.2 Å². The van der Waals surface area contributed by atoms with Crippen LogP contribution in [0, 0.1) is 5.82 Å². The predicted octanol–water partition coefficient (Wildman–Crippen LogP) is 4.85. The van der Waals surface area contributed by atoms with Gasteiger partial charge in [-0.25, -0.2) is 4.39 Å². The molecule has 1 amide bonds. The summed E-state index contributed by atoms with van der Waals surface area (Å²) < 4.78 is 15.4. The maximum Gasteiger partial charge on any atom is 0.216 e. The van der Waals surface area contributed by atoms with Crippen molar-refractivity contribution in [2.45, 2.75) is 25.0 Å². The summed E-state index contributed by atoms with van der Waals surface area (Å²) in [6, 6.07) is 19.8. The molecule has 0 atom stereocenters. The van der Waals surface area contributed by atoms with Crippen LogP contribution in [-0.2, 0) is 17.8 Å². The molecular weight excluding hydrogens is 471 g/mol. The fourth-order valence-corrected chi connectivity index (χ4v) is 5.20. The lowest BCUT2D eigenvalue weighted by Gasteiger charge is -2.10. The minimum Gasteiger partial charge on any atom is -0.356 e. The Morgan fingerprint density at radius 3 is 2.53 bits per heavy atom. The lowest BCUT2D eigenvalue weighted by Crippen LogP contribution is -2.22. The van der Waals surface area contributed by atoms with Crippen LogP contribution in [0.15, 0.2) is 71.9 Å². The molecule has 2 heterocycles. The Morgan fingerprint density at radius 1 is 1.03 bits per heavy atom. The molecule has 0 aliphatic heterocycles. The van der Waals surface area contributed by atoms with Crippen LogP contribution >= 0.6 is 23.1 Å². The summed E-state index contributed by atoms with van der Waals surface area (Å²) in [5, 5.41) is 12.1. The van der Waals surface area contributed by atoms with Crippen molar-refractivity contribution in [3.63, 3.8) is 0 Å². The van der Waals surface area contributed by atoms with Crippen molar-refractivity contribution in [1.82, 2.24) is 20.1 Å². The van der Waals surface area contributed by atoms with Gasteiger partial charge in [0.1, 0.15) is 5.82 Å². The van der Waals surface area contributed by atoms with Crippen molar-refractivity contribution in [3.8, 4) is 11.4 Å². The van der Waals surface area contributed by atoms with E-state index in [1.54, 1.807) is 12.1 Å². The summed E-state index contributed by atoms with van der Waals surface area (Å²) in [5.41, 5.74) is 1.82. The molecular formula is C25H23FN4O2S2. The lowest BCUT2D eigenvalue weighted by molar-refractivity contribution is -0.118. The Balaban J connectivity index is 1.49. The summed E-state index contributed by atoms with van der Waals surface area (Å²) in [6.07, 6.45) is 0.692. The van der Waals surface area contributed by atoms with Crippen molar-refractivity contribution in [2.75, 3.05) is 12.3 Å². The average molecular weight is 495 g/mol. The van der Waals surface area contributed by atoms with Gasteiger partial charge in [0.15, 0.2) is 16.8 Å². The molecule has 0 saturated heterocycles. The van der Waals surface area contributed by atoms with E-state index < -0.39 is 0 Å². The fourth-order valence-electron chi connectivity index (χ4n) is 3.34. The highest BCUT2D eigenvalue weighted by Crippen LogP contribution is 2.27. The molecule has 0 bridgehead atoms. The lowest BCUT2D eigenvalue weighted by atomic mass is 10.2. The van der Waals surface area contributed by atoms with Crippen molar-refractivity contribution < 1.29 is 14.0 Å². The zero-order valence-electron chi connectivity index (χ0n) is 18.5. The Bertz CT molecular complexity index is 1270. The molecule has 174 valence electrons. The first kappa shape index (κ1) is 23.8. The van der Waals surface area contributed by atoms with E-state index in [0.29, 0.717) is 35.4 Å². The van der Waals surface area contributed by atoms with Gasteiger partial charge >= 0.3 is 0 Å². The smallest absolute Gasteiger partial charge is 0.216 e. The van der Waals surface area contributed by atoms with E-state index in [2.05, 4.69) is 15.5 Å². The Hall–Kier alpha value is -3.30. The quantitative estimate of drug-likeness (QED) is 0.252. The summed E-state index contributed by atoms with van der Waals surface area (Å²) in [5.74, 6) is 0.477. The highest BCUT2D eigenvalue weighted by molar-refractivity contribution is 7.99. The van der Waals surface area contributed by atoms with E-state index in [0.717, 1.165) is 16.0 Å². The number of thioether (sulfide) groups is 1. The highest BCUT2D eigenvalue weighted by Gasteiger charge is 2.18. The van der Waals surface area contributed by atoms with E-state index in [4.69, 9.17) is 0 Å². The van der Waals surface area contributed by atoms with E-state index in [9.17, 15) is 14.0 Å². The normalized spacial score (nSPS) is 10.9. The van der Waals surface area contributed by atoms with Gasteiger partial charge in [-0.3, -0.25) is 14.2 Å². The molecule has 0 saturated carbocycles. The number of hydrogen-bond donors (Lipinski definition) is 1. The number of rotatable bonds is 10. The van der Waals surface area contributed by atoms with Crippen molar-refractivity contribution in [2.24, 2.45) is 0 Å². The minimum atomic E-state index is -0.314. The number of nitrogens with one attached hydrogen (secondary N) is 1. The third-order valence-electron chi connectivity index (χ3n) is 5.02. The number of thiophene rings is 1. The first-order chi connectivity index (χ1) is 16.5.